The van der Waals surface area contributed by atoms with E-state index in [0.29, 0.717) is 0 Å². The number of ether oxygens (including phenoxy) is 1. The number of aromatic carboxylic acids is 1. The fraction of sp³-hybridized carbons (Fsp3) is 0.0769. The Morgan fingerprint density at radius 3 is 2.29 bits per heavy atom. The summed E-state index contributed by atoms with van der Waals surface area (Å²) in [5.74, 6) is -2.89. The predicted octanol–water partition coefficient (Wildman–Crippen LogP) is 3.48. The monoisotopic (exact) mass is 301 g/mol. The van der Waals surface area contributed by atoms with E-state index < -0.39 is 24.0 Å². The van der Waals surface area contributed by atoms with Crippen LogP contribution >= 0.6 is 0 Å². The van der Waals surface area contributed by atoms with Gasteiger partial charge in [-0.15, -0.1) is 13.2 Å². The summed E-state index contributed by atoms with van der Waals surface area (Å²) in [4.78, 5) is 14.4. The first-order chi connectivity index (χ1) is 9.78. The lowest BCUT2D eigenvalue weighted by Gasteiger charge is -2.10. The molecule has 0 fully saturated rings. The zero-order chi connectivity index (χ0) is 15.6. The first-order valence-corrected chi connectivity index (χ1v) is 5.52. The van der Waals surface area contributed by atoms with Crippen LogP contribution < -0.4 is 4.74 Å². The summed E-state index contributed by atoms with van der Waals surface area (Å²) >= 11 is 0. The molecule has 110 valence electrons. The van der Waals surface area contributed by atoms with Crippen molar-refractivity contribution in [2.75, 3.05) is 0 Å². The van der Waals surface area contributed by atoms with Crippen molar-refractivity contribution in [1.82, 2.24) is 4.98 Å². The Hall–Kier alpha value is -2.64. The number of hydrogen-bond acceptors (Lipinski definition) is 3. The summed E-state index contributed by atoms with van der Waals surface area (Å²) in [5.41, 5.74) is -0.567. The highest BCUT2D eigenvalue weighted by molar-refractivity contribution is 5.95. The van der Waals surface area contributed by atoms with Crippen LogP contribution in [0, 0.1) is 5.95 Å². The van der Waals surface area contributed by atoms with Gasteiger partial charge in [-0.25, -0.2) is 9.78 Å². The smallest absolute Gasteiger partial charge is 0.478 e. The molecule has 0 aliphatic heterocycles. The summed E-state index contributed by atoms with van der Waals surface area (Å²) in [5, 5.41) is 8.99. The highest BCUT2D eigenvalue weighted by Crippen LogP contribution is 2.29. The minimum absolute atomic E-state index is 0.0764. The quantitative estimate of drug-likeness (QED) is 0.696. The number of alkyl halides is 3. The highest BCUT2D eigenvalue weighted by atomic mass is 19.4. The maximum Gasteiger partial charge on any atom is 0.573 e. The Balaban J connectivity index is 2.42. The van der Waals surface area contributed by atoms with Crippen LogP contribution in [-0.4, -0.2) is 22.4 Å². The van der Waals surface area contributed by atoms with Gasteiger partial charge in [0, 0.05) is 6.20 Å². The maximum absolute atomic E-state index is 13.7. The molecule has 1 aromatic heterocycles. The van der Waals surface area contributed by atoms with Crippen molar-refractivity contribution in [3.63, 3.8) is 0 Å². The average Bonchev–Trinajstić information content (AvgIpc) is 2.37. The van der Waals surface area contributed by atoms with Crippen LogP contribution in [0.1, 0.15) is 10.4 Å². The van der Waals surface area contributed by atoms with Gasteiger partial charge >= 0.3 is 12.3 Å². The van der Waals surface area contributed by atoms with Crippen molar-refractivity contribution in [3.05, 3.63) is 48.0 Å². The number of halogens is 4. The molecule has 0 saturated carbocycles. The topological polar surface area (TPSA) is 59.4 Å². The van der Waals surface area contributed by atoms with Gasteiger partial charge in [-0.05, 0) is 23.8 Å². The van der Waals surface area contributed by atoms with E-state index in [0.717, 1.165) is 36.5 Å². The van der Waals surface area contributed by atoms with Gasteiger partial charge in [0.15, 0.2) is 0 Å². The molecule has 0 radical (unpaired) electrons. The zero-order valence-electron chi connectivity index (χ0n) is 10.2. The van der Waals surface area contributed by atoms with Crippen LogP contribution in [0.25, 0.3) is 11.1 Å². The van der Waals surface area contributed by atoms with Crippen LogP contribution in [0.2, 0.25) is 0 Å². The van der Waals surface area contributed by atoms with Crippen LogP contribution in [0.15, 0.2) is 36.5 Å². The van der Waals surface area contributed by atoms with E-state index in [1.807, 2.05) is 0 Å². The Morgan fingerprint density at radius 2 is 1.76 bits per heavy atom. The Morgan fingerprint density at radius 1 is 1.14 bits per heavy atom. The number of carbonyl (C=O) groups is 1. The molecule has 0 atom stereocenters. The first-order valence-electron chi connectivity index (χ1n) is 5.52. The van der Waals surface area contributed by atoms with E-state index in [1.165, 1.54) is 0 Å². The summed E-state index contributed by atoms with van der Waals surface area (Å²) in [6.07, 6.45) is -3.85. The fourth-order valence-electron chi connectivity index (χ4n) is 1.71. The third-order valence-electron chi connectivity index (χ3n) is 2.51. The number of rotatable bonds is 3. The molecule has 0 spiro atoms. The van der Waals surface area contributed by atoms with E-state index in [1.54, 1.807) is 0 Å². The van der Waals surface area contributed by atoms with Crippen LogP contribution in [0.3, 0.4) is 0 Å². The molecule has 0 bridgehead atoms. The second kappa shape index (κ2) is 5.39. The lowest BCUT2D eigenvalue weighted by Crippen LogP contribution is -2.17. The van der Waals surface area contributed by atoms with Crippen molar-refractivity contribution < 1.29 is 32.2 Å². The van der Waals surface area contributed by atoms with E-state index in [4.69, 9.17) is 5.11 Å². The number of aromatic nitrogens is 1. The van der Waals surface area contributed by atoms with Gasteiger partial charge in [-0.1, -0.05) is 12.1 Å². The van der Waals surface area contributed by atoms with Crippen LogP contribution in [-0.2, 0) is 0 Å². The standard InChI is InChI=1S/C13H7F4NO3/c14-11-10(9(12(19)20)5-6-18-11)7-1-3-8(4-2-7)21-13(15,16)17/h1-6H,(H,19,20). The largest absolute Gasteiger partial charge is 0.573 e. The van der Waals surface area contributed by atoms with Gasteiger partial charge in [-0.2, -0.15) is 4.39 Å². The second-order valence-electron chi connectivity index (χ2n) is 3.90. The van der Waals surface area contributed by atoms with Gasteiger partial charge in [-0.3, -0.25) is 0 Å². The fourth-order valence-corrected chi connectivity index (χ4v) is 1.71. The number of nitrogens with zero attached hydrogens (tertiary/aromatic N) is 1. The van der Waals surface area contributed by atoms with Crippen LogP contribution in [0.4, 0.5) is 17.6 Å². The summed E-state index contributed by atoms with van der Waals surface area (Å²) in [6, 6.07) is 5.25. The molecule has 1 heterocycles. The highest BCUT2D eigenvalue weighted by Gasteiger charge is 2.31. The molecule has 21 heavy (non-hydrogen) atoms. The molecule has 0 aliphatic carbocycles. The van der Waals surface area contributed by atoms with Crippen molar-refractivity contribution in [2.45, 2.75) is 6.36 Å². The predicted molar refractivity (Wildman–Crippen MR) is 63.3 cm³/mol. The molecule has 1 N–H and O–H groups in total. The Bertz CT molecular complexity index is 668. The third kappa shape index (κ3) is 3.47. The lowest BCUT2D eigenvalue weighted by molar-refractivity contribution is -0.274. The average molecular weight is 301 g/mol. The minimum atomic E-state index is -4.84. The van der Waals surface area contributed by atoms with Gasteiger partial charge in [0.05, 0.1) is 11.1 Å². The van der Waals surface area contributed by atoms with E-state index in [2.05, 4.69) is 9.72 Å². The van der Waals surface area contributed by atoms with Gasteiger partial charge in [0.1, 0.15) is 5.75 Å². The minimum Gasteiger partial charge on any atom is -0.478 e. The van der Waals surface area contributed by atoms with E-state index in [-0.39, 0.29) is 16.7 Å². The number of pyridine rings is 1. The first kappa shape index (κ1) is 14.8. The number of benzene rings is 1. The third-order valence-corrected chi connectivity index (χ3v) is 2.51. The molecule has 0 aliphatic rings. The molecule has 0 unspecified atom stereocenters. The lowest BCUT2D eigenvalue weighted by atomic mass is 10.0. The number of carboxylic acid groups (broad SMARTS) is 1. The van der Waals surface area contributed by atoms with Gasteiger partial charge < -0.3 is 9.84 Å². The molecule has 2 rings (SSSR count). The normalized spacial score (nSPS) is 11.2. The Kier molecular flexibility index (Phi) is 3.79. The molecule has 2 aromatic rings. The van der Waals surface area contributed by atoms with Crippen molar-refractivity contribution in [2.24, 2.45) is 0 Å². The zero-order valence-corrected chi connectivity index (χ0v) is 10.2. The molecular weight excluding hydrogens is 294 g/mol. The van der Waals surface area contributed by atoms with Crippen molar-refractivity contribution in [1.29, 1.82) is 0 Å². The molecule has 1 aromatic carbocycles. The summed E-state index contributed by atoms with van der Waals surface area (Å²) in [6.45, 7) is 0. The van der Waals surface area contributed by atoms with Gasteiger partial charge in [0.2, 0.25) is 5.95 Å². The van der Waals surface area contributed by atoms with Crippen molar-refractivity contribution >= 4 is 5.97 Å². The molecule has 0 amide bonds. The van der Waals surface area contributed by atoms with Crippen LogP contribution in [0.5, 0.6) is 5.75 Å². The van der Waals surface area contributed by atoms with E-state index in [9.17, 15) is 22.4 Å². The maximum atomic E-state index is 13.7. The van der Waals surface area contributed by atoms with Crippen molar-refractivity contribution in [3.8, 4) is 16.9 Å². The molecule has 4 nitrogen and oxygen atoms in total. The molecule has 0 saturated heterocycles. The second-order valence-corrected chi connectivity index (χ2v) is 3.90. The Labute approximate surface area is 115 Å². The summed E-state index contributed by atoms with van der Waals surface area (Å²) in [7, 11) is 0. The SMILES string of the molecule is O=C(O)c1ccnc(F)c1-c1ccc(OC(F)(F)F)cc1. The summed E-state index contributed by atoms with van der Waals surface area (Å²) < 4.78 is 53.4. The molecular formula is C13H7F4NO3. The van der Waals surface area contributed by atoms with Gasteiger partial charge in [0.25, 0.3) is 0 Å². The van der Waals surface area contributed by atoms with E-state index >= 15 is 0 Å². The number of hydrogen-bond donors (Lipinski definition) is 1. The number of carboxylic acids is 1. The molecule has 8 heteroatoms.